The van der Waals surface area contributed by atoms with Crippen LogP contribution < -0.4 is 4.74 Å². The summed E-state index contributed by atoms with van der Waals surface area (Å²) in [4.78, 5) is 15.2. The Hall–Kier alpha value is -2.43. The van der Waals surface area contributed by atoms with Gasteiger partial charge in [0.25, 0.3) is 0 Å². The molecule has 0 radical (unpaired) electrons. The molecule has 0 bridgehead atoms. The van der Waals surface area contributed by atoms with Gasteiger partial charge in [-0.25, -0.2) is 9.97 Å². The second-order valence-electron chi connectivity index (χ2n) is 4.15. The van der Waals surface area contributed by atoms with Crippen molar-refractivity contribution in [1.82, 2.24) is 19.9 Å². The minimum absolute atomic E-state index is 0.492. The number of hydrogen-bond acceptors (Lipinski definition) is 4. The smallest absolute Gasteiger partial charge is 0.248 e. The van der Waals surface area contributed by atoms with Crippen molar-refractivity contribution in [3.05, 3.63) is 42.0 Å². The molecule has 1 N–H and O–H groups in total. The molecule has 0 spiro atoms. The summed E-state index contributed by atoms with van der Waals surface area (Å²) in [6.07, 6.45) is 3.03. The molecule has 5 nitrogen and oxygen atoms in total. The van der Waals surface area contributed by atoms with Crippen LogP contribution in [0.4, 0.5) is 0 Å². The lowest BCUT2D eigenvalue weighted by molar-refractivity contribution is 0.463. The molecule has 0 atom stereocenters. The minimum atomic E-state index is 0.492. The van der Waals surface area contributed by atoms with Crippen LogP contribution in [0.15, 0.2) is 30.9 Å². The molecule has 18 heavy (non-hydrogen) atoms. The Kier molecular flexibility index (Phi) is 2.44. The molecular weight excluding hydrogens is 228 g/mol. The normalized spacial score (nSPS) is 10.8. The van der Waals surface area contributed by atoms with E-state index in [-0.39, 0.29) is 0 Å². The van der Waals surface area contributed by atoms with E-state index in [1.54, 1.807) is 6.33 Å². The maximum absolute atomic E-state index is 5.84. The van der Waals surface area contributed by atoms with Gasteiger partial charge in [-0.3, -0.25) is 0 Å². The first-order valence-electron chi connectivity index (χ1n) is 5.63. The Morgan fingerprint density at radius 1 is 1.11 bits per heavy atom. The highest BCUT2D eigenvalue weighted by Crippen LogP contribution is 2.27. The molecule has 2 heterocycles. The van der Waals surface area contributed by atoms with Gasteiger partial charge >= 0.3 is 0 Å². The number of nitrogens with zero attached hydrogens (tertiary/aromatic N) is 3. The molecule has 5 heteroatoms. The number of ether oxygens (including phenoxy) is 1. The van der Waals surface area contributed by atoms with Crippen molar-refractivity contribution < 1.29 is 4.74 Å². The quantitative estimate of drug-likeness (QED) is 0.748. The standard InChI is InChI=1S/C13H12N4O/c1-8-3-4-9(2)10(5-8)18-13-11-12(15-6-14-11)16-7-17-13/h3-7H,1-2H3,(H,14,15,16,17). The molecule has 0 aliphatic carbocycles. The lowest BCUT2D eigenvalue weighted by Crippen LogP contribution is -1.93. The predicted molar refractivity (Wildman–Crippen MR) is 67.7 cm³/mol. The van der Waals surface area contributed by atoms with Crippen LogP contribution in [-0.2, 0) is 0 Å². The third-order valence-electron chi connectivity index (χ3n) is 2.74. The molecule has 2 aromatic heterocycles. The van der Waals surface area contributed by atoms with E-state index in [2.05, 4.69) is 19.9 Å². The fourth-order valence-electron chi connectivity index (χ4n) is 1.74. The Morgan fingerprint density at radius 2 is 2.00 bits per heavy atom. The third-order valence-corrected chi connectivity index (χ3v) is 2.74. The summed E-state index contributed by atoms with van der Waals surface area (Å²) in [6, 6.07) is 6.06. The highest BCUT2D eigenvalue weighted by Gasteiger charge is 2.09. The summed E-state index contributed by atoms with van der Waals surface area (Å²) in [5.41, 5.74) is 3.51. The number of fused-ring (bicyclic) bond motifs is 1. The Labute approximate surface area is 104 Å². The number of H-pyrrole nitrogens is 1. The van der Waals surface area contributed by atoms with E-state index in [0.717, 1.165) is 16.9 Å². The average Bonchev–Trinajstić information content (AvgIpc) is 2.83. The summed E-state index contributed by atoms with van der Waals surface area (Å²) in [7, 11) is 0. The van der Waals surface area contributed by atoms with Gasteiger partial charge in [0.1, 0.15) is 17.6 Å². The largest absolute Gasteiger partial charge is 0.437 e. The highest BCUT2D eigenvalue weighted by molar-refractivity contribution is 5.75. The molecule has 0 aliphatic heterocycles. The van der Waals surface area contributed by atoms with Gasteiger partial charge in [-0.1, -0.05) is 12.1 Å². The lowest BCUT2D eigenvalue weighted by Gasteiger charge is -2.08. The molecule has 0 amide bonds. The molecular formula is C13H12N4O. The SMILES string of the molecule is Cc1ccc(C)c(Oc2ncnc3nc[nH]c23)c1. The van der Waals surface area contributed by atoms with E-state index < -0.39 is 0 Å². The first kappa shape index (κ1) is 10.7. The fourth-order valence-corrected chi connectivity index (χ4v) is 1.74. The number of rotatable bonds is 2. The zero-order valence-corrected chi connectivity index (χ0v) is 10.1. The van der Waals surface area contributed by atoms with Gasteiger partial charge in [0.15, 0.2) is 5.65 Å². The van der Waals surface area contributed by atoms with Crippen LogP contribution in [0.1, 0.15) is 11.1 Å². The number of hydrogen-bond donors (Lipinski definition) is 1. The van der Waals surface area contributed by atoms with E-state index in [9.17, 15) is 0 Å². The average molecular weight is 240 g/mol. The van der Waals surface area contributed by atoms with E-state index in [1.165, 1.54) is 6.33 Å². The molecule has 3 aromatic rings. The molecule has 0 saturated carbocycles. The topological polar surface area (TPSA) is 63.7 Å². The lowest BCUT2D eigenvalue weighted by atomic mass is 10.1. The summed E-state index contributed by atoms with van der Waals surface area (Å²) in [6.45, 7) is 4.03. The molecule has 3 rings (SSSR count). The Balaban J connectivity index is 2.06. The van der Waals surface area contributed by atoms with Gasteiger partial charge in [-0.15, -0.1) is 0 Å². The number of aromatic amines is 1. The van der Waals surface area contributed by atoms with Gasteiger partial charge < -0.3 is 9.72 Å². The maximum Gasteiger partial charge on any atom is 0.248 e. The number of aryl methyl sites for hydroxylation is 2. The van der Waals surface area contributed by atoms with Crippen molar-refractivity contribution in [2.24, 2.45) is 0 Å². The predicted octanol–water partition coefficient (Wildman–Crippen LogP) is 2.76. The summed E-state index contributed by atoms with van der Waals surface area (Å²) in [5.74, 6) is 1.29. The Bertz CT molecular complexity index is 705. The molecule has 0 unspecified atom stereocenters. The summed E-state index contributed by atoms with van der Waals surface area (Å²) in [5, 5.41) is 0. The monoisotopic (exact) mass is 240 g/mol. The number of benzene rings is 1. The van der Waals surface area contributed by atoms with Gasteiger partial charge in [-0.2, -0.15) is 4.98 Å². The zero-order valence-electron chi connectivity index (χ0n) is 10.1. The van der Waals surface area contributed by atoms with Crippen LogP contribution in [0.5, 0.6) is 11.6 Å². The molecule has 0 fully saturated rings. The van der Waals surface area contributed by atoms with Gasteiger partial charge in [0.2, 0.25) is 5.88 Å². The molecule has 1 aromatic carbocycles. The van der Waals surface area contributed by atoms with Gasteiger partial charge in [0.05, 0.1) is 6.33 Å². The fraction of sp³-hybridized carbons (Fsp3) is 0.154. The number of aromatic nitrogens is 4. The van der Waals surface area contributed by atoms with Crippen LogP contribution in [0.3, 0.4) is 0 Å². The molecule has 0 saturated heterocycles. The van der Waals surface area contributed by atoms with Crippen molar-refractivity contribution in [3.8, 4) is 11.6 Å². The molecule has 0 aliphatic rings. The van der Waals surface area contributed by atoms with Crippen LogP contribution in [-0.4, -0.2) is 19.9 Å². The zero-order chi connectivity index (χ0) is 12.5. The van der Waals surface area contributed by atoms with Crippen LogP contribution in [0.25, 0.3) is 11.2 Å². The number of nitrogens with one attached hydrogen (secondary N) is 1. The van der Waals surface area contributed by atoms with E-state index >= 15 is 0 Å². The van der Waals surface area contributed by atoms with Crippen molar-refractivity contribution in [2.75, 3.05) is 0 Å². The first-order valence-corrected chi connectivity index (χ1v) is 5.63. The van der Waals surface area contributed by atoms with Crippen molar-refractivity contribution >= 4 is 11.2 Å². The summed E-state index contributed by atoms with van der Waals surface area (Å²) < 4.78 is 5.84. The van der Waals surface area contributed by atoms with Gasteiger partial charge in [-0.05, 0) is 31.0 Å². The van der Waals surface area contributed by atoms with Crippen LogP contribution in [0, 0.1) is 13.8 Å². The second kappa shape index (κ2) is 4.10. The highest BCUT2D eigenvalue weighted by atomic mass is 16.5. The van der Waals surface area contributed by atoms with Crippen molar-refractivity contribution in [3.63, 3.8) is 0 Å². The molecule has 90 valence electrons. The van der Waals surface area contributed by atoms with Gasteiger partial charge in [0, 0.05) is 0 Å². The Morgan fingerprint density at radius 3 is 2.89 bits per heavy atom. The third kappa shape index (κ3) is 1.79. The van der Waals surface area contributed by atoms with Crippen molar-refractivity contribution in [1.29, 1.82) is 0 Å². The van der Waals surface area contributed by atoms with E-state index in [1.807, 2.05) is 32.0 Å². The second-order valence-corrected chi connectivity index (χ2v) is 4.15. The van der Waals surface area contributed by atoms with Crippen LogP contribution >= 0.6 is 0 Å². The minimum Gasteiger partial charge on any atom is -0.437 e. The van der Waals surface area contributed by atoms with Crippen LogP contribution in [0.2, 0.25) is 0 Å². The maximum atomic E-state index is 5.84. The van der Waals surface area contributed by atoms with Crippen molar-refractivity contribution in [2.45, 2.75) is 13.8 Å². The van der Waals surface area contributed by atoms with E-state index in [4.69, 9.17) is 4.74 Å². The first-order chi connectivity index (χ1) is 8.74. The summed E-state index contributed by atoms with van der Waals surface area (Å²) >= 11 is 0. The van der Waals surface area contributed by atoms with E-state index in [0.29, 0.717) is 17.0 Å². The number of imidazole rings is 1.